The van der Waals surface area contributed by atoms with Crippen LogP contribution in [0.2, 0.25) is 0 Å². The number of furan rings is 1. The van der Waals surface area contributed by atoms with Crippen molar-refractivity contribution in [2.75, 3.05) is 14.7 Å². The molecule has 0 atom stereocenters. The first-order valence-electron chi connectivity index (χ1n) is 33.4. The van der Waals surface area contributed by atoms with E-state index in [4.69, 9.17) is 4.42 Å². The van der Waals surface area contributed by atoms with Gasteiger partial charge in [0.2, 0.25) is 0 Å². The van der Waals surface area contributed by atoms with Crippen molar-refractivity contribution in [3.05, 3.63) is 240 Å². The topological polar surface area (TPSA) is 22.9 Å². The third-order valence-electron chi connectivity index (χ3n) is 20.7. The number of rotatable bonds is 7. The maximum atomic E-state index is 6.68. The van der Waals surface area contributed by atoms with Crippen LogP contribution in [0.3, 0.4) is 0 Å². The van der Waals surface area contributed by atoms with E-state index in [1.165, 1.54) is 98.5 Å². The summed E-state index contributed by atoms with van der Waals surface area (Å²) < 4.78 is 9.33. The van der Waals surface area contributed by atoms with E-state index in [0.29, 0.717) is 0 Å². The summed E-state index contributed by atoms with van der Waals surface area (Å²) in [4.78, 5) is 7.85. The maximum Gasteiger partial charge on any atom is 0.264 e. The van der Waals surface area contributed by atoms with E-state index in [1.807, 2.05) is 11.3 Å². The summed E-state index contributed by atoms with van der Waals surface area (Å²) in [6, 6.07) is 79.7. The molecule has 0 saturated heterocycles. The maximum absolute atomic E-state index is 6.68. The lowest BCUT2D eigenvalue weighted by atomic mass is 9.36. The predicted octanol–water partition coefficient (Wildman–Crippen LogP) is 23.2. The van der Waals surface area contributed by atoms with E-state index < -0.39 is 0 Å². The molecule has 0 fully saturated rings. The van der Waals surface area contributed by atoms with Gasteiger partial charge in [0.15, 0.2) is 0 Å². The zero-order valence-electron chi connectivity index (χ0n) is 56.8. The van der Waals surface area contributed by atoms with Gasteiger partial charge in [0.05, 0.1) is 11.4 Å². The zero-order valence-corrected chi connectivity index (χ0v) is 57.6. The van der Waals surface area contributed by atoms with Crippen molar-refractivity contribution in [3.8, 4) is 22.3 Å². The van der Waals surface area contributed by atoms with Crippen molar-refractivity contribution in [2.24, 2.45) is 0 Å². The molecule has 4 nitrogen and oxygen atoms in total. The molecule has 460 valence electrons. The molecular formula is C86H86BN3OS. The highest BCUT2D eigenvalue weighted by Gasteiger charge is 2.47. The van der Waals surface area contributed by atoms with Crippen LogP contribution in [0.25, 0.3) is 54.3 Å². The molecule has 12 aromatic rings. The van der Waals surface area contributed by atoms with E-state index in [2.05, 4.69) is 332 Å². The second-order valence-corrected chi connectivity index (χ2v) is 33.2. The Hall–Kier alpha value is -8.58. The molecule has 4 heterocycles. The molecule has 0 amide bonds. The number of hydrogen-bond acceptors (Lipinski definition) is 5. The standard InChI is InChI=1S/C86H86BN3OS/c1-81(2,3)55-29-35-59(36-30-55)88(70-42-33-57(83(7,8)9)49-65(70)53-23-18-17-19-24-53)62-39-41-69-71(52-62)89(61-40-43-75-66(51-61)64-25-20-21-28-74(64)91-75)72-47-54(63-26-22-27-68-77(63)86(15,16)46-45-85(68,13)14)48-73-78(72)87(69)80-79(67-50-58(84(10,11)12)34-44-76(67)92-80)90(73)60-37-31-56(32-38-60)82(4,5)6/h17-44,47-52H,45-46H2,1-16H3. The summed E-state index contributed by atoms with van der Waals surface area (Å²) in [5, 5.41) is 3.50. The van der Waals surface area contributed by atoms with Crippen LogP contribution >= 0.6 is 11.3 Å². The third-order valence-corrected chi connectivity index (χ3v) is 21.9. The molecule has 2 aromatic heterocycles. The smallest absolute Gasteiger partial charge is 0.264 e. The lowest BCUT2D eigenvalue weighted by Crippen LogP contribution is -2.60. The summed E-state index contributed by atoms with van der Waals surface area (Å²) in [6.45, 7) is 37.7. The van der Waals surface area contributed by atoms with E-state index in [9.17, 15) is 0 Å². The predicted molar refractivity (Wildman–Crippen MR) is 399 cm³/mol. The molecule has 10 aromatic carbocycles. The van der Waals surface area contributed by atoms with Gasteiger partial charge in [-0.05, 0) is 203 Å². The van der Waals surface area contributed by atoms with Gasteiger partial charge in [0.25, 0.3) is 6.71 Å². The van der Waals surface area contributed by atoms with Gasteiger partial charge in [-0.15, -0.1) is 11.3 Å². The minimum absolute atomic E-state index is 0.0149. The van der Waals surface area contributed by atoms with Crippen molar-refractivity contribution < 1.29 is 4.42 Å². The molecule has 0 radical (unpaired) electrons. The van der Waals surface area contributed by atoms with Crippen LogP contribution in [0, 0.1) is 0 Å². The lowest BCUT2D eigenvalue weighted by molar-refractivity contribution is 0.333. The third kappa shape index (κ3) is 9.83. The lowest BCUT2D eigenvalue weighted by Gasteiger charge is -2.45. The molecule has 0 unspecified atom stereocenters. The van der Waals surface area contributed by atoms with Crippen LogP contribution in [-0.2, 0) is 32.5 Å². The summed E-state index contributed by atoms with van der Waals surface area (Å²) in [5.74, 6) is 0. The average Bonchev–Trinajstić information content (AvgIpc) is 1.27. The van der Waals surface area contributed by atoms with Gasteiger partial charge in [-0.2, -0.15) is 0 Å². The van der Waals surface area contributed by atoms with Crippen LogP contribution in [0.1, 0.15) is 157 Å². The number of thiophene rings is 1. The minimum Gasteiger partial charge on any atom is -0.456 e. The second kappa shape index (κ2) is 21.0. The number of nitrogens with zero attached hydrogens (tertiary/aromatic N) is 3. The van der Waals surface area contributed by atoms with Gasteiger partial charge in [-0.3, -0.25) is 0 Å². The summed E-state index contributed by atoms with van der Waals surface area (Å²) >= 11 is 1.97. The Morgan fingerprint density at radius 1 is 0.435 bits per heavy atom. The van der Waals surface area contributed by atoms with E-state index in [1.54, 1.807) is 0 Å². The number of para-hydroxylation sites is 1. The fourth-order valence-electron chi connectivity index (χ4n) is 15.3. The zero-order chi connectivity index (χ0) is 64.3. The van der Waals surface area contributed by atoms with Gasteiger partial charge in [0, 0.05) is 71.0 Å². The molecule has 0 bridgehead atoms. The Bertz CT molecular complexity index is 4920. The summed E-state index contributed by atoms with van der Waals surface area (Å²) in [5.41, 5.74) is 27.5. The minimum atomic E-state index is -0.117. The fourth-order valence-corrected chi connectivity index (χ4v) is 16.6. The van der Waals surface area contributed by atoms with Crippen molar-refractivity contribution in [1.29, 1.82) is 0 Å². The van der Waals surface area contributed by atoms with Crippen molar-refractivity contribution in [3.63, 3.8) is 0 Å². The average molecular weight is 1220 g/mol. The van der Waals surface area contributed by atoms with Gasteiger partial charge in [-0.1, -0.05) is 220 Å². The molecule has 3 aliphatic rings. The number of fused-ring (bicyclic) bond motifs is 10. The Balaban J connectivity index is 1.08. The molecule has 1 aliphatic carbocycles. The number of hydrogen-bond donors (Lipinski definition) is 0. The Kier molecular flexibility index (Phi) is 13.6. The van der Waals surface area contributed by atoms with Gasteiger partial charge in [0.1, 0.15) is 11.2 Å². The summed E-state index contributed by atoms with van der Waals surface area (Å²) in [7, 11) is 0. The largest absolute Gasteiger partial charge is 0.456 e. The van der Waals surface area contributed by atoms with Crippen LogP contribution in [-0.4, -0.2) is 6.71 Å². The Morgan fingerprint density at radius 2 is 1.02 bits per heavy atom. The van der Waals surface area contributed by atoms with Gasteiger partial charge < -0.3 is 19.1 Å². The van der Waals surface area contributed by atoms with Crippen LogP contribution in [0.5, 0.6) is 0 Å². The Morgan fingerprint density at radius 3 is 1.72 bits per heavy atom. The second-order valence-electron chi connectivity index (χ2n) is 32.1. The number of benzene rings is 10. The first-order valence-corrected chi connectivity index (χ1v) is 34.2. The monoisotopic (exact) mass is 1220 g/mol. The summed E-state index contributed by atoms with van der Waals surface area (Å²) in [6.07, 6.45) is 2.25. The van der Waals surface area contributed by atoms with Crippen molar-refractivity contribution in [2.45, 2.75) is 156 Å². The highest BCUT2D eigenvalue weighted by atomic mass is 32.1. The first kappa shape index (κ1) is 59.7. The van der Waals surface area contributed by atoms with E-state index in [0.717, 1.165) is 68.9 Å². The normalized spacial score (nSPS) is 15.2. The van der Waals surface area contributed by atoms with E-state index in [-0.39, 0.29) is 39.2 Å². The quantitative estimate of drug-likeness (QED) is 0.148. The van der Waals surface area contributed by atoms with Crippen LogP contribution in [0.15, 0.2) is 211 Å². The molecule has 2 aliphatic heterocycles. The Labute approximate surface area is 550 Å². The van der Waals surface area contributed by atoms with Gasteiger partial charge in [-0.25, -0.2) is 0 Å². The number of anilines is 9. The molecule has 0 spiro atoms. The van der Waals surface area contributed by atoms with E-state index >= 15 is 0 Å². The molecular weight excluding hydrogens is 1130 g/mol. The van der Waals surface area contributed by atoms with Crippen molar-refractivity contribution in [1.82, 2.24) is 0 Å². The van der Waals surface area contributed by atoms with Crippen LogP contribution in [0.4, 0.5) is 51.2 Å². The highest BCUT2D eigenvalue weighted by molar-refractivity contribution is 7.33. The molecule has 92 heavy (non-hydrogen) atoms. The molecule has 0 N–H and O–H groups in total. The molecule has 0 saturated carbocycles. The first-order chi connectivity index (χ1) is 43.6. The van der Waals surface area contributed by atoms with Gasteiger partial charge >= 0.3 is 0 Å². The SMILES string of the molecule is CC(C)(C)c1ccc(N(c2ccc3c(c2)N(c2ccc4oc5ccccc5c4c2)c2cc(-c4cccc5c4C(C)(C)CCC5(C)C)cc4c2B3c2sc3ccc(C(C)(C)C)cc3c2N4c2ccc(C(C)(C)C)cc2)c2ccc(C(C)(C)C)cc2-c2ccccc2)cc1. The fraction of sp³-hybridized carbons (Fsp3) is 0.279. The van der Waals surface area contributed by atoms with Crippen molar-refractivity contribution >= 4 is 117 Å². The highest BCUT2D eigenvalue weighted by Crippen LogP contribution is 2.55. The van der Waals surface area contributed by atoms with Crippen LogP contribution < -0.4 is 30.4 Å². The molecule has 15 rings (SSSR count). The molecule has 6 heteroatoms.